The predicted molar refractivity (Wildman–Crippen MR) is 62.9 cm³/mol. The van der Waals surface area contributed by atoms with Gasteiger partial charge >= 0.3 is 0 Å². The zero-order valence-electron chi connectivity index (χ0n) is 10.3. The molecule has 0 N–H and O–H groups in total. The average Bonchev–Trinajstić information content (AvgIpc) is 2.42. The fourth-order valence-corrected chi connectivity index (χ4v) is 1.95. The molecule has 1 amide bonds. The molecule has 0 spiro atoms. The fraction of sp³-hybridized carbons (Fsp3) is 0.833. The van der Waals surface area contributed by atoms with Gasteiger partial charge in [0.25, 0.3) is 0 Å². The molecular formula is C12H22N2O. The van der Waals surface area contributed by atoms with Crippen LogP contribution in [0.4, 0.5) is 0 Å². The Hall–Kier alpha value is -0.860. The summed E-state index contributed by atoms with van der Waals surface area (Å²) in [5.74, 6) is 1.65. The van der Waals surface area contributed by atoms with E-state index in [1.807, 2.05) is 11.8 Å². The Morgan fingerprint density at radius 1 is 1.20 bits per heavy atom. The zero-order chi connectivity index (χ0) is 11.4. The minimum Gasteiger partial charge on any atom is -0.300 e. The van der Waals surface area contributed by atoms with E-state index in [9.17, 15) is 4.79 Å². The standard InChI is InChI=1S/C12H22N2O/c1-5-7-13-11-9(3)10(4)12(15)14(11)8-6-2/h9-10H,5-8H2,1-4H3/t9-,10-/m1/s1. The number of carbonyl (C=O) groups is 1. The first-order valence-corrected chi connectivity index (χ1v) is 5.99. The van der Waals surface area contributed by atoms with Gasteiger partial charge in [0, 0.05) is 24.9 Å². The van der Waals surface area contributed by atoms with E-state index in [1.54, 1.807) is 0 Å². The lowest BCUT2D eigenvalue weighted by atomic mass is 9.99. The topological polar surface area (TPSA) is 32.7 Å². The number of amidine groups is 1. The molecule has 86 valence electrons. The number of hydrogen-bond donors (Lipinski definition) is 0. The Kier molecular flexibility index (Phi) is 4.30. The van der Waals surface area contributed by atoms with Gasteiger partial charge in [0.2, 0.25) is 5.91 Å². The van der Waals surface area contributed by atoms with Crippen LogP contribution in [0.3, 0.4) is 0 Å². The third-order valence-electron chi connectivity index (χ3n) is 3.03. The quantitative estimate of drug-likeness (QED) is 0.701. The summed E-state index contributed by atoms with van der Waals surface area (Å²) in [5, 5.41) is 0. The van der Waals surface area contributed by atoms with Crippen molar-refractivity contribution in [2.24, 2.45) is 16.8 Å². The second-order valence-corrected chi connectivity index (χ2v) is 4.31. The predicted octanol–water partition coefficient (Wildman–Crippen LogP) is 2.32. The van der Waals surface area contributed by atoms with Crippen molar-refractivity contribution in [2.45, 2.75) is 40.5 Å². The van der Waals surface area contributed by atoms with Gasteiger partial charge in [-0.05, 0) is 12.8 Å². The smallest absolute Gasteiger partial charge is 0.231 e. The Bertz CT molecular complexity index is 260. The molecule has 3 nitrogen and oxygen atoms in total. The Morgan fingerprint density at radius 2 is 1.87 bits per heavy atom. The maximum absolute atomic E-state index is 11.9. The van der Waals surface area contributed by atoms with Crippen LogP contribution in [0.25, 0.3) is 0 Å². The van der Waals surface area contributed by atoms with Crippen LogP contribution >= 0.6 is 0 Å². The van der Waals surface area contributed by atoms with Gasteiger partial charge in [-0.2, -0.15) is 0 Å². The number of amides is 1. The number of nitrogens with zero attached hydrogens (tertiary/aromatic N) is 2. The summed E-state index contributed by atoms with van der Waals surface area (Å²) in [6.45, 7) is 9.96. The van der Waals surface area contributed by atoms with Gasteiger partial charge in [0.1, 0.15) is 5.84 Å². The fourth-order valence-electron chi connectivity index (χ4n) is 1.95. The highest BCUT2D eigenvalue weighted by atomic mass is 16.2. The Labute approximate surface area is 92.6 Å². The molecule has 0 radical (unpaired) electrons. The highest BCUT2D eigenvalue weighted by molar-refractivity contribution is 6.07. The highest BCUT2D eigenvalue weighted by Crippen LogP contribution is 2.26. The van der Waals surface area contributed by atoms with Crippen molar-refractivity contribution >= 4 is 11.7 Å². The van der Waals surface area contributed by atoms with Crippen molar-refractivity contribution in [3.8, 4) is 0 Å². The van der Waals surface area contributed by atoms with Gasteiger partial charge in [-0.1, -0.05) is 27.7 Å². The van der Waals surface area contributed by atoms with E-state index in [4.69, 9.17) is 0 Å². The van der Waals surface area contributed by atoms with Crippen LogP contribution in [0, 0.1) is 11.8 Å². The minimum absolute atomic E-state index is 0.104. The van der Waals surface area contributed by atoms with Gasteiger partial charge in [-0.3, -0.25) is 9.79 Å². The van der Waals surface area contributed by atoms with Crippen LogP contribution in [-0.2, 0) is 4.79 Å². The molecule has 3 heteroatoms. The van der Waals surface area contributed by atoms with E-state index >= 15 is 0 Å². The van der Waals surface area contributed by atoms with E-state index < -0.39 is 0 Å². The van der Waals surface area contributed by atoms with Crippen LogP contribution in [0.2, 0.25) is 0 Å². The maximum Gasteiger partial charge on any atom is 0.231 e. The summed E-state index contributed by atoms with van der Waals surface area (Å²) in [4.78, 5) is 18.3. The minimum atomic E-state index is 0.104. The molecule has 0 bridgehead atoms. The van der Waals surface area contributed by atoms with Crippen molar-refractivity contribution in [2.75, 3.05) is 13.1 Å². The zero-order valence-corrected chi connectivity index (χ0v) is 10.3. The molecule has 1 aliphatic heterocycles. The monoisotopic (exact) mass is 210 g/mol. The SMILES string of the molecule is CCCN=C1[C@H](C)[C@@H](C)C(=O)N1CCC. The van der Waals surface area contributed by atoms with Crippen molar-refractivity contribution < 1.29 is 4.79 Å². The third-order valence-corrected chi connectivity index (χ3v) is 3.03. The first kappa shape index (κ1) is 12.2. The van der Waals surface area contributed by atoms with Crippen molar-refractivity contribution in [3.05, 3.63) is 0 Å². The van der Waals surface area contributed by atoms with Crippen molar-refractivity contribution in [1.82, 2.24) is 4.90 Å². The van der Waals surface area contributed by atoms with Crippen LogP contribution in [0.5, 0.6) is 0 Å². The molecule has 1 fully saturated rings. The molecule has 0 aliphatic carbocycles. The molecule has 0 aromatic heterocycles. The highest BCUT2D eigenvalue weighted by Gasteiger charge is 2.39. The summed E-state index contributed by atoms with van der Waals surface area (Å²) in [5.41, 5.74) is 0. The molecule has 1 saturated heterocycles. The van der Waals surface area contributed by atoms with Crippen molar-refractivity contribution in [3.63, 3.8) is 0 Å². The first-order valence-electron chi connectivity index (χ1n) is 5.99. The number of aliphatic imine (C=N–C) groups is 1. The Balaban J connectivity index is 2.85. The van der Waals surface area contributed by atoms with Crippen LogP contribution < -0.4 is 0 Å². The number of carbonyl (C=O) groups excluding carboxylic acids is 1. The maximum atomic E-state index is 11.9. The van der Waals surface area contributed by atoms with Gasteiger partial charge in [0.15, 0.2) is 0 Å². The summed E-state index contributed by atoms with van der Waals surface area (Å²) in [6.07, 6.45) is 2.04. The number of hydrogen-bond acceptors (Lipinski definition) is 2. The summed E-state index contributed by atoms with van der Waals surface area (Å²) < 4.78 is 0. The molecule has 0 unspecified atom stereocenters. The number of likely N-dealkylation sites (tertiary alicyclic amines) is 1. The molecular weight excluding hydrogens is 188 g/mol. The van der Waals surface area contributed by atoms with E-state index in [0.29, 0.717) is 0 Å². The molecule has 0 aromatic rings. The van der Waals surface area contributed by atoms with E-state index in [0.717, 1.165) is 31.8 Å². The van der Waals surface area contributed by atoms with E-state index in [-0.39, 0.29) is 17.7 Å². The molecule has 1 aliphatic rings. The van der Waals surface area contributed by atoms with E-state index in [1.165, 1.54) is 0 Å². The lowest BCUT2D eigenvalue weighted by Gasteiger charge is -2.17. The van der Waals surface area contributed by atoms with Crippen LogP contribution in [0.1, 0.15) is 40.5 Å². The largest absolute Gasteiger partial charge is 0.300 e. The van der Waals surface area contributed by atoms with Gasteiger partial charge in [-0.25, -0.2) is 0 Å². The average molecular weight is 210 g/mol. The van der Waals surface area contributed by atoms with Gasteiger partial charge < -0.3 is 4.90 Å². The molecule has 2 atom stereocenters. The lowest BCUT2D eigenvalue weighted by molar-refractivity contribution is -0.129. The molecule has 0 saturated carbocycles. The normalized spacial score (nSPS) is 29.2. The number of rotatable bonds is 4. The van der Waals surface area contributed by atoms with Crippen LogP contribution in [-0.4, -0.2) is 29.7 Å². The van der Waals surface area contributed by atoms with E-state index in [2.05, 4.69) is 25.8 Å². The summed E-state index contributed by atoms with van der Waals surface area (Å²) in [6, 6.07) is 0. The van der Waals surface area contributed by atoms with Gasteiger partial charge in [0.05, 0.1) is 0 Å². The molecule has 1 rings (SSSR count). The van der Waals surface area contributed by atoms with Crippen molar-refractivity contribution in [1.29, 1.82) is 0 Å². The second-order valence-electron chi connectivity index (χ2n) is 4.31. The molecule has 15 heavy (non-hydrogen) atoms. The lowest BCUT2D eigenvalue weighted by Crippen LogP contribution is -2.32. The summed E-state index contributed by atoms with van der Waals surface area (Å²) >= 11 is 0. The molecule has 1 heterocycles. The second kappa shape index (κ2) is 5.29. The Morgan fingerprint density at radius 3 is 2.40 bits per heavy atom. The van der Waals surface area contributed by atoms with Crippen LogP contribution in [0.15, 0.2) is 4.99 Å². The van der Waals surface area contributed by atoms with Gasteiger partial charge in [-0.15, -0.1) is 0 Å². The summed E-state index contributed by atoms with van der Waals surface area (Å²) in [7, 11) is 0. The first-order chi connectivity index (χ1) is 7.13. The third kappa shape index (κ3) is 2.39. The molecule has 0 aromatic carbocycles.